The number of ether oxygens (including phenoxy) is 1. The van der Waals surface area contributed by atoms with Gasteiger partial charge in [-0.25, -0.2) is 9.78 Å². The highest BCUT2D eigenvalue weighted by molar-refractivity contribution is 5.91. The van der Waals surface area contributed by atoms with Gasteiger partial charge in [0.15, 0.2) is 11.5 Å². The van der Waals surface area contributed by atoms with E-state index in [0.29, 0.717) is 30.5 Å². The molecule has 5 aromatic rings. The minimum absolute atomic E-state index is 0.300. The summed E-state index contributed by atoms with van der Waals surface area (Å²) in [4.78, 5) is 18.0. The fraction of sp³-hybridized carbons (Fsp3) is 0.250. The number of aromatic amines is 1. The van der Waals surface area contributed by atoms with Crippen molar-refractivity contribution in [3.05, 3.63) is 90.1 Å². The van der Waals surface area contributed by atoms with E-state index in [1.807, 2.05) is 64.8 Å². The normalized spacial score (nSPS) is 11.1. The first-order chi connectivity index (χ1) is 18.2. The van der Waals surface area contributed by atoms with Crippen molar-refractivity contribution in [2.75, 3.05) is 6.61 Å². The van der Waals surface area contributed by atoms with Gasteiger partial charge in [-0.05, 0) is 47.4 Å². The summed E-state index contributed by atoms with van der Waals surface area (Å²) in [7, 11) is 0. The number of unbranched alkanes of at least 4 members (excludes halogenated alkanes) is 1. The van der Waals surface area contributed by atoms with Gasteiger partial charge >= 0.3 is 5.97 Å². The van der Waals surface area contributed by atoms with Crippen molar-refractivity contribution in [2.24, 2.45) is 0 Å². The first-order valence-electron chi connectivity index (χ1n) is 12.5. The van der Waals surface area contributed by atoms with Crippen LogP contribution in [0.4, 0.5) is 0 Å². The molecule has 0 aliphatic rings. The number of nitrogens with zero attached hydrogens (tertiary/aromatic N) is 6. The Bertz CT molecular complexity index is 1450. The van der Waals surface area contributed by atoms with Crippen LogP contribution in [0.5, 0.6) is 0 Å². The predicted molar refractivity (Wildman–Crippen MR) is 140 cm³/mol. The molecule has 2 aromatic carbocycles. The molecule has 0 bridgehead atoms. The second-order valence-corrected chi connectivity index (χ2v) is 8.68. The van der Waals surface area contributed by atoms with Crippen molar-refractivity contribution >= 4 is 5.97 Å². The Balaban J connectivity index is 1.52. The fourth-order valence-electron chi connectivity index (χ4n) is 4.42. The molecule has 9 heteroatoms. The Morgan fingerprint density at radius 3 is 2.41 bits per heavy atom. The molecule has 3 aromatic heterocycles. The van der Waals surface area contributed by atoms with Crippen LogP contribution in [0.25, 0.3) is 28.3 Å². The lowest BCUT2D eigenvalue weighted by Crippen LogP contribution is -2.17. The summed E-state index contributed by atoms with van der Waals surface area (Å²) in [6.45, 7) is 4.77. The molecule has 188 valence electrons. The number of tetrazole rings is 1. The standard InChI is InChI=1S/C28H29N7O2/c1-3-5-12-24-29-27(34-17-8-9-18-34)25(28(36)37-4-2)35(24)19-20-13-15-21(16-14-20)22-10-6-7-11-23(22)26-30-32-33-31-26/h6-11,13-18H,3-5,12,19H2,1-2H3,(H,30,31,32,33). The van der Waals surface area contributed by atoms with E-state index < -0.39 is 0 Å². The molecule has 0 saturated carbocycles. The van der Waals surface area contributed by atoms with Gasteiger partial charge < -0.3 is 13.9 Å². The quantitative estimate of drug-likeness (QED) is 0.271. The molecular weight excluding hydrogens is 466 g/mol. The molecule has 0 aliphatic heterocycles. The Morgan fingerprint density at radius 1 is 0.973 bits per heavy atom. The summed E-state index contributed by atoms with van der Waals surface area (Å²) in [5.41, 5.74) is 4.49. The lowest BCUT2D eigenvalue weighted by Gasteiger charge is -2.13. The number of benzene rings is 2. The first kappa shape index (κ1) is 24.2. The van der Waals surface area contributed by atoms with Gasteiger partial charge in [-0.15, -0.1) is 10.2 Å². The Hall–Kier alpha value is -4.53. The molecule has 0 unspecified atom stereocenters. The SMILES string of the molecule is CCCCc1nc(-n2cccc2)c(C(=O)OCC)n1Cc1ccc(-c2ccccc2-c2nn[nH]n2)cc1. The summed E-state index contributed by atoms with van der Waals surface area (Å²) in [6.07, 6.45) is 6.59. The molecule has 0 radical (unpaired) electrons. The van der Waals surface area contributed by atoms with Gasteiger partial charge in [0.2, 0.25) is 5.82 Å². The van der Waals surface area contributed by atoms with Crippen molar-refractivity contribution in [2.45, 2.75) is 39.7 Å². The Morgan fingerprint density at radius 2 is 1.73 bits per heavy atom. The number of rotatable bonds is 10. The summed E-state index contributed by atoms with van der Waals surface area (Å²) < 4.78 is 9.33. The van der Waals surface area contributed by atoms with Crippen LogP contribution >= 0.6 is 0 Å². The van der Waals surface area contributed by atoms with Crippen LogP contribution in [0.15, 0.2) is 73.1 Å². The maximum Gasteiger partial charge on any atom is 0.358 e. The molecule has 0 saturated heterocycles. The van der Waals surface area contributed by atoms with E-state index in [0.717, 1.165) is 47.3 Å². The monoisotopic (exact) mass is 495 g/mol. The molecule has 0 amide bonds. The number of carbonyl (C=O) groups is 1. The van der Waals surface area contributed by atoms with Crippen LogP contribution in [0.2, 0.25) is 0 Å². The molecule has 9 nitrogen and oxygen atoms in total. The van der Waals surface area contributed by atoms with Gasteiger partial charge in [0.1, 0.15) is 5.82 Å². The second kappa shape index (κ2) is 11.0. The van der Waals surface area contributed by atoms with E-state index in [1.165, 1.54) is 0 Å². The number of hydrogen-bond donors (Lipinski definition) is 1. The molecule has 0 aliphatic carbocycles. The average Bonchev–Trinajstić information content (AvgIpc) is 3.70. The van der Waals surface area contributed by atoms with E-state index >= 15 is 0 Å². The number of aromatic nitrogens is 7. The van der Waals surface area contributed by atoms with E-state index in [1.54, 1.807) is 0 Å². The van der Waals surface area contributed by atoms with Gasteiger partial charge in [-0.2, -0.15) is 5.21 Å². The van der Waals surface area contributed by atoms with Crippen LogP contribution < -0.4 is 0 Å². The highest BCUT2D eigenvalue weighted by atomic mass is 16.5. The number of aryl methyl sites for hydroxylation is 1. The maximum absolute atomic E-state index is 13.1. The lowest BCUT2D eigenvalue weighted by atomic mass is 9.98. The number of hydrogen-bond acceptors (Lipinski definition) is 6. The first-order valence-corrected chi connectivity index (χ1v) is 12.5. The molecule has 37 heavy (non-hydrogen) atoms. The molecule has 3 heterocycles. The summed E-state index contributed by atoms with van der Waals surface area (Å²) in [5, 5.41) is 14.5. The Kier molecular flexibility index (Phi) is 7.21. The van der Waals surface area contributed by atoms with Gasteiger partial charge in [-0.3, -0.25) is 0 Å². The third-order valence-electron chi connectivity index (χ3n) is 6.22. The number of nitrogens with one attached hydrogen (secondary N) is 1. The van der Waals surface area contributed by atoms with Crippen molar-refractivity contribution in [3.8, 4) is 28.3 Å². The van der Waals surface area contributed by atoms with Crippen molar-refractivity contribution in [1.29, 1.82) is 0 Å². The van der Waals surface area contributed by atoms with Crippen LogP contribution in [-0.4, -0.2) is 47.3 Å². The van der Waals surface area contributed by atoms with Crippen LogP contribution in [0, 0.1) is 0 Å². The highest BCUT2D eigenvalue weighted by Crippen LogP contribution is 2.30. The average molecular weight is 496 g/mol. The topological polar surface area (TPSA) is 104 Å². The van der Waals surface area contributed by atoms with E-state index in [2.05, 4.69) is 51.8 Å². The zero-order valence-electron chi connectivity index (χ0n) is 21.0. The molecule has 5 rings (SSSR count). The number of H-pyrrole nitrogens is 1. The number of imidazole rings is 1. The van der Waals surface area contributed by atoms with Crippen molar-refractivity contribution in [3.63, 3.8) is 0 Å². The van der Waals surface area contributed by atoms with Gasteiger partial charge in [-0.1, -0.05) is 61.9 Å². The van der Waals surface area contributed by atoms with Gasteiger partial charge in [0, 0.05) is 30.9 Å². The second-order valence-electron chi connectivity index (χ2n) is 8.68. The third-order valence-corrected chi connectivity index (χ3v) is 6.22. The smallest absolute Gasteiger partial charge is 0.358 e. The summed E-state index contributed by atoms with van der Waals surface area (Å²) in [6, 6.07) is 20.1. The highest BCUT2D eigenvalue weighted by Gasteiger charge is 2.25. The zero-order chi connectivity index (χ0) is 25.6. The van der Waals surface area contributed by atoms with Crippen molar-refractivity contribution in [1.82, 2.24) is 34.7 Å². The fourth-order valence-corrected chi connectivity index (χ4v) is 4.42. The van der Waals surface area contributed by atoms with Gasteiger partial charge in [0.05, 0.1) is 6.61 Å². The third kappa shape index (κ3) is 5.06. The van der Waals surface area contributed by atoms with E-state index in [9.17, 15) is 4.79 Å². The van der Waals surface area contributed by atoms with E-state index in [4.69, 9.17) is 9.72 Å². The molecule has 1 N–H and O–H groups in total. The minimum Gasteiger partial charge on any atom is -0.461 e. The zero-order valence-corrected chi connectivity index (χ0v) is 21.0. The van der Waals surface area contributed by atoms with Crippen LogP contribution in [0.3, 0.4) is 0 Å². The number of esters is 1. The molecule has 0 spiro atoms. The summed E-state index contributed by atoms with van der Waals surface area (Å²) >= 11 is 0. The molecule has 0 fully saturated rings. The van der Waals surface area contributed by atoms with Crippen LogP contribution in [-0.2, 0) is 17.7 Å². The minimum atomic E-state index is -0.368. The van der Waals surface area contributed by atoms with Gasteiger partial charge in [0.25, 0.3) is 0 Å². The molecule has 0 atom stereocenters. The lowest BCUT2D eigenvalue weighted by molar-refractivity contribution is 0.0514. The largest absolute Gasteiger partial charge is 0.461 e. The van der Waals surface area contributed by atoms with E-state index in [-0.39, 0.29) is 5.97 Å². The Labute approximate surface area is 215 Å². The maximum atomic E-state index is 13.1. The molecular formula is C28H29N7O2. The van der Waals surface area contributed by atoms with Crippen LogP contribution in [0.1, 0.15) is 48.6 Å². The number of carbonyl (C=O) groups excluding carboxylic acids is 1. The summed E-state index contributed by atoms with van der Waals surface area (Å²) in [5.74, 6) is 1.66. The van der Waals surface area contributed by atoms with Crippen molar-refractivity contribution < 1.29 is 9.53 Å². The predicted octanol–water partition coefficient (Wildman–Crippen LogP) is 5.09.